The van der Waals surface area contributed by atoms with Gasteiger partial charge in [0.25, 0.3) is 0 Å². The van der Waals surface area contributed by atoms with Gasteiger partial charge in [0.05, 0.1) is 18.9 Å². The molecule has 0 aliphatic heterocycles. The third-order valence-electron chi connectivity index (χ3n) is 2.89. The summed E-state index contributed by atoms with van der Waals surface area (Å²) < 4.78 is 16.5. The van der Waals surface area contributed by atoms with Crippen molar-refractivity contribution in [3.05, 3.63) is 35.9 Å². The highest BCUT2D eigenvalue weighted by Gasteiger charge is 2.21. The molecule has 0 aliphatic carbocycles. The Labute approximate surface area is 114 Å². The van der Waals surface area contributed by atoms with Crippen LogP contribution in [0.15, 0.2) is 30.3 Å². The van der Waals surface area contributed by atoms with Gasteiger partial charge in [0.1, 0.15) is 7.80 Å². The van der Waals surface area contributed by atoms with E-state index in [1.807, 2.05) is 30.3 Å². The fourth-order valence-corrected chi connectivity index (χ4v) is 2.94. The molecule has 0 aliphatic rings. The minimum atomic E-state index is -2.09. The molecule has 1 aromatic carbocycles. The van der Waals surface area contributed by atoms with E-state index < -0.39 is 13.7 Å². The fraction of sp³-hybridized carbons (Fsp3) is 0.500. The lowest BCUT2D eigenvalue weighted by Gasteiger charge is -2.14. The summed E-state index contributed by atoms with van der Waals surface area (Å²) in [6, 6.07) is 9.84. The molecule has 0 amide bonds. The standard InChI is InChI=1S/C14H21O4P/c1-2-18-14(16)13(10-19(17)11-15)9-8-12-6-4-3-5-7-12/h3-7,13,15,19H,2,8-11H2,1H3. The Bertz CT molecular complexity index is 405. The summed E-state index contributed by atoms with van der Waals surface area (Å²) >= 11 is 0. The zero-order chi connectivity index (χ0) is 14.1. The highest BCUT2D eigenvalue weighted by atomic mass is 31.1. The number of aliphatic hydroxyl groups is 1. The minimum Gasteiger partial charge on any atom is -0.466 e. The summed E-state index contributed by atoms with van der Waals surface area (Å²) in [6.07, 6.45) is 1.23. The van der Waals surface area contributed by atoms with Gasteiger partial charge in [-0.3, -0.25) is 4.79 Å². The molecule has 0 saturated carbocycles. The normalized spacial score (nSPS) is 13.8. The molecule has 5 heteroatoms. The van der Waals surface area contributed by atoms with Crippen LogP contribution < -0.4 is 0 Å². The molecular formula is C14H21O4P. The van der Waals surface area contributed by atoms with Crippen LogP contribution in [0.25, 0.3) is 0 Å². The van der Waals surface area contributed by atoms with Crippen molar-refractivity contribution in [1.82, 2.24) is 0 Å². The average molecular weight is 284 g/mol. The zero-order valence-corrected chi connectivity index (χ0v) is 12.2. The van der Waals surface area contributed by atoms with Crippen molar-refractivity contribution in [3.8, 4) is 0 Å². The lowest BCUT2D eigenvalue weighted by Crippen LogP contribution is -2.21. The zero-order valence-electron chi connectivity index (χ0n) is 11.2. The van der Waals surface area contributed by atoms with E-state index >= 15 is 0 Å². The van der Waals surface area contributed by atoms with Gasteiger partial charge in [-0.15, -0.1) is 0 Å². The number of aliphatic hydroxyl groups excluding tert-OH is 1. The molecule has 0 saturated heterocycles. The smallest absolute Gasteiger partial charge is 0.309 e. The molecule has 2 unspecified atom stereocenters. The van der Waals surface area contributed by atoms with Crippen molar-refractivity contribution < 1.29 is 19.2 Å². The highest BCUT2D eigenvalue weighted by molar-refractivity contribution is 7.44. The van der Waals surface area contributed by atoms with Crippen LogP contribution >= 0.6 is 7.80 Å². The van der Waals surface area contributed by atoms with Crippen molar-refractivity contribution in [2.45, 2.75) is 19.8 Å². The van der Waals surface area contributed by atoms with Crippen LogP contribution in [0.3, 0.4) is 0 Å². The molecule has 2 atom stereocenters. The predicted octanol–water partition coefficient (Wildman–Crippen LogP) is 2.31. The number of hydrogen-bond acceptors (Lipinski definition) is 4. The Balaban J connectivity index is 2.58. The number of aryl methyl sites for hydroxylation is 1. The maximum atomic E-state index is 11.8. The van der Waals surface area contributed by atoms with E-state index in [4.69, 9.17) is 9.84 Å². The van der Waals surface area contributed by atoms with Gasteiger partial charge >= 0.3 is 5.97 Å². The molecule has 1 N–H and O–H groups in total. The third-order valence-corrected chi connectivity index (χ3v) is 4.20. The number of rotatable bonds is 8. The molecule has 1 rings (SSSR count). The molecule has 0 bridgehead atoms. The molecule has 0 fully saturated rings. The van der Waals surface area contributed by atoms with Crippen LogP contribution in [-0.4, -0.2) is 30.2 Å². The molecule has 0 radical (unpaired) electrons. The van der Waals surface area contributed by atoms with E-state index in [0.717, 1.165) is 12.0 Å². The van der Waals surface area contributed by atoms with Crippen molar-refractivity contribution in [1.29, 1.82) is 0 Å². The quantitative estimate of drug-likeness (QED) is 0.587. The van der Waals surface area contributed by atoms with Gasteiger partial charge in [-0.2, -0.15) is 0 Å². The topological polar surface area (TPSA) is 63.6 Å². The summed E-state index contributed by atoms with van der Waals surface area (Å²) in [6.45, 7) is 2.07. The van der Waals surface area contributed by atoms with Crippen molar-refractivity contribution in [3.63, 3.8) is 0 Å². The molecule has 106 valence electrons. The Morgan fingerprint density at radius 3 is 2.63 bits per heavy atom. The first-order valence-electron chi connectivity index (χ1n) is 6.50. The molecule has 0 spiro atoms. The first-order valence-corrected chi connectivity index (χ1v) is 8.32. The number of benzene rings is 1. The second kappa shape index (κ2) is 8.89. The van der Waals surface area contributed by atoms with E-state index in [0.29, 0.717) is 13.0 Å². The number of carbonyl (C=O) groups excluding carboxylic acids is 1. The Morgan fingerprint density at radius 1 is 1.37 bits per heavy atom. The van der Waals surface area contributed by atoms with Gasteiger partial charge in [0.15, 0.2) is 0 Å². The summed E-state index contributed by atoms with van der Waals surface area (Å²) in [5, 5.41) is 8.86. The van der Waals surface area contributed by atoms with Crippen molar-refractivity contribution in [2.24, 2.45) is 5.92 Å². The fourth-order valence-electron chi connectivity index (χ4n) is 1.89. The lowest BCUT2D eigenvalue weighted by atomic mass is 10.0. The number of esters is 1. The predicted molar refractivity (Wildman–Crippen MR) is 75.8 cm³/mol. The highest BCUT2D eigenvalue weighted by Crippen LogP contribution is 2.26. The van der Waals surface area contributed by atoms with Crippen LogP contribution in [-0.2, 0) is 20.5 Å². The number of ether oxygens (including phenoxy) is 1. The molecule has 1 aromatic rings. The van der Waals surface area contributed by atoms with Gasteiger partial charge in [0, 0.05) is 6.16 Å². The monoisotopic (exact) mass is 284 g/mol. The van der Waals surface area contributed by atoms with Crippen molar-refractivity contribution >= 4 is 13.8 Å². The van der Waals surface area contributed by atoms with Crippen molar-refractivity contribution in [2.75, 3.05) is 19.1 Å². The largest absolute Gasteiger partial charge is 0.466 e. The number of carbonyl (C=O) groups is 1. The number of hydrogen-bond donors (Lipinski definition) is 1. The van der Waals surface area contributed by atoms with E-state index in [-0.39, 0.29) is 18.5 Å². The Hall–Kier alpha value is -1.12. The van der Waals surface area contributed by atoms with Gasteiger partial charge in [-0.1, -0.05) is 30.3 Å². The van der Waals surface area contributed by atoms with Crippen LogP contribution in [0.2, 0.25) is 0 Å². The summed E-state index contributed by atoms with van der Waals surface area (Å²) in [5.74, 6) is -0.705. The van der Waals surface area contributed by atoms with Crippen LogP contribution in [0.5, 0.6) is 0 Å². The van der Waals surface area contributed by atoms with E-state index in [2.05, 4.69) is 0 Å². The molecule has 0 heterocycles. The van der Waals surface area contributed by atoms with Gasteiger partial charge < -0.3 is 14.4 Å². The summed E-state index contributed by atoms with van der Waals surface area (Å²) in [7, 11) is -2.09. The maximum Gasteiger partial charge on any atom is 0.309 e. The SMILES string of the molecule is CCOC(=O)C(CCc1ccccc1)C[PH](=O)CO. The Morgan fingerprint density at radius 2 is 2.05 bits per heavy atom. The Kier molecular flexibility index (Phi) is 7.46. The van der Waals surface area contributed by atoms with Crippen LogP contribution in [0.4, 0.5) is 0 Å². The van der Waals surface area contributed by atoms with Crippen LogP contribution in [0, 0.1) is 5.92 Å². The second-order valence-corrected chi connectivity index (χ2v) is 6.18. The molecule has 0 aromatic heterocycles. The molecule has 4 nitrogen and oxygen atoms in total. The third kappa shape index (κ3) is 6.04. The van der Waals surface area contributed by atoms with E-state index in [1.165, 1.54) is 0 Å². The first-order chi connectivity index (χ1) is 9.17. The molecular weight excluding hydrogens is 263 g/mol. The minimum absolute atomic E-state index is 0.229. The first kappa shape index (κ1) is 15.9. The van der Waals surface area contributed by atoms with Gasteiger partial charge in [0.2, 0.25) is 0 Å². The maximum absolute atomic E-state index is 11.8. The van der Waals surface area contributed by atoms with E-state index in [1.54, 1.807) is 6.92 Å². The second-order valence-electron chi connectivity index (χ2n) is 4.37. The molecule has 19 heavy (non-hydrogen) atoms. The van der Waals surface area contributed by atoms with E-state index in [9.17, 15) is 9.36 Å². The van der Waals surface area contributed by atoms with Gasteiger partial charge in [-0.25, -0.2) is 0 Å². The van der Waals surface area contributed by atoms with Crippen LogP contribution in [0.1, 0.15) is 18.9 Å². The lowest BCUT2D eigenvalue weighted by molar-refractivity contribution is -0.147. The summed E-state index contributed by atoms with van der Waals surface area (Å²) in [5.41, 5.74) is 1.14. The summed E-state index contributed by atoms with van der Waals surface area (Å²) in [4.78, 5) is 11.8. The van der Waals surface area contributed by atoms with Gasteiger partial charge in [-0.05, 0) is 25.3 Å². The average Bonchev–Trinajstić information content (AvgIpc) is 2.44.